The number of aryl methyl sites for hydroxylation is 1. The molecule has 2 unspecified atom stereocenters. The monoisotopic (exact) mass is 278 g/mol. The molecule has 1 saturated heterocycles. The average Bonchev–Trinajstić information content (AvgIpc) is 2.41. The van der Waals surface area contributed by atoms with Crippen molar-refractivity contribution in [2.45, 2.75) is 25.5 Å². The van der Waals surface area contributed by atoms with Crippen LogP contribution in [0, 0.1) is 6.92 Å². The van der Waals surface area contributed by atoms with Crippen LogP contribution >= 0.6 is 0 Å². The number of hydrogen-bond acceptors (Lipinski definition) is 4. The summed E-state index contributed by atoms with van der Waals surface area (Å²) in [7, 11) is 5.88. The van der Waals surface area contributed by atoms with Crippen LogP contribution in [-0.2, 0) is 6.42 Å². The number of hydrogen-bond donors (Lipinski definition) is 1. The fraction of sp³-hybridized carbons (Fsp3) is 0.625. The van der Waals surface area contributed by atoms with Crippen molar-refractivity contribution in [1.82, 2.24) is 9.80 Å². The lowest BCUT2D eigenvalue weighted by Gasteiger charge is -2.40. The van der Waals surface area contributed by atoms with Gasteiger partial charge in [0.15, 0.2) is 0 Å². The molecule has 1 aromatic carbocycles. The van der Waals surface area contributed by atoms with Crippen LogP contribution in [0.15, 0.2) is 18.2 Å². The number of nitrogens with zero attached hydrogens (tertiary/aromatic N) is 2. The zero-order valence-corrected chi connectivity index (χ0v) is 13.0. The first-order valence-corrected chi connectivity index (χ1v) is 7.21. The number of aliphatic hydroxyl groups is 1. The minimum absolute atomic E-state index is 0.180. The maximum absolute atomic E-state index is 10.6. The van der Waals surface area contributed by atoms with Crippen LogP contribution < -0.4 is 4.74 Å². The van der Waals surface area contributed by atoms with Crippen molar-refractivity contribution in [1.29, 1.82) is 0 Å². The molecule has 1 fully saturated rings. The Labute approximate surface area is 122 Å². The van der Waals surface area contributed by atoms with Gasteiger partial charge in [-0.15, -0.1) is 0 Å². The number of piperazine rings is 1. The molecule has 2 atom stereocenters. The van der Waals surface area contributed by atoms with Crippen LogP contribution in [0.2, 0.25) is 0 Å². The maximum Gasteiger partial charge on any atom is 0.122 e. The van der Waals surface area contributed by atoms with Gasteiger partial charge in [0.25, 0.3) is 0 Å². The fourth-order valence-corrected chi connectivity index (χ4v) is 2.89. The number of ether oxygens (including phenoxy) is 1. The fourth-order valence-electron chi connectivity index (χ4n) is 2.89. The third kappa shape index (κ3) is 3.51. The molecule has 20 heavy (non-hydrogen) atoms. The molecule has 1 aromatic rings. The first-order valence-electron chi connectivity index (χ1n) is 7.21. The van der Waals surface area contributed by atoms with Gasteiger partial charge in [-0.1, -0.05) is 17.7 Å². The molecule has 1 N–H and O–H groups in total. The summed E-state index contributed by atoms with van der Waals surface area (Å²) < 4.78 is 5.40. The molecule has 0 spiro atoms. The van der Waals surface area contributed by atoms with Gasteiger partial charge in [-0.2, -0.15) is 0 Å². The van der Waals surface area contributed by atoms with Crippen LogP contribution in [0.1, 0.15) is 11.1 Å². The van der Waals surface area contributed by atoms with E-state index in [1.165, 1.54) is 5.56 Å². The average molecular weight is 278 g/mol. The van der Waals surface area contributed by atoms with E-state index < -0.39 is 0 Å². The summed E-state index contributed by atoms with van der Waals surface area (Å²) in [5.41, 5.74) is 2.28. The van der Waals surface area contributed by atoms with E-state index in [1.54, 1.807) is 7.11 Å². The lowest BCUT2D eigenvalue weighted by molar-refractivity contribution is 0.0150. The van der Waals surface area contributed by atoms with Gasteiger partial charge >= 0.3 is 0 Å². The topological polar surface area (TPSA) is 35.9 Å². The van der Waals surface area contributed by atoms with Crippen molar-refractivity contribution >= 4 is 0 Å². The van der Waals surface area contributed by atoms with Crippen LogP contribution in [0.5, 0.6) is 5.75 Å². The summed E-state index contributed by atoms with van der Waals surface area (Å²) in [6.07, 6.45) is 0.256. The molecule has 4 heteroatoms. The summed E-state index contributed by atoms with van der Waals surface area (Å²) >= 11 is 0. The van der Waals surface area contributed by atoms with Gasteiger partial charge < -0.3 is 14.7 Å². The second-order valence-electron chi connectivity index (χ2n) is 5.90. The van der Waals surface area contributed by atoms with Crippen molar-refractivity contribution in [3.8, 4) is 5.75 Å². The minimum atomic E-state index is -0.376. The minimum Gasteiger partial charge on any atom is -0.496 e. The van der Waals surface area contributed by atoms with E-state index in [4.69, 9.17) is 4.74 Å². The van der Waals surface area contributed by atoms with E-state index >= 15 is 0 Å². The van der Waals surface area contributed by atoms with E-state index in [1.807, 2.05) is 12.1 Å². The summed E-state index contributed by atoms with van der Waals surface area (Å²) in [5.74, 6) is 0.862. The van der Waals surface area contributed by atoms with Crippen molar-refractivity contribution < 1.29 is 9.84 Å². The first kappa shape index (κ1) is 15.3. The summed E-state index contributed by atoms with van der Waals surface area (Å²) in [4.78, 5) is 4.54. The summed E-state index contributed by atoms with van der Waals surface area (Å²) in [5, 5.41) is 10.6. The Kier molecular flexibility index (Phi) is 5.02. The van der Waals surface area contributed by atoms with E-state index in [0.717, 1.165) is 30.9 Å². The molecule has 1 heterocycles. The zero-order valence-electron chi connectivity index (χ0n) is 13.0. The van der Waals surface area contributed by atoms with Gasteiger partial charge in [0.05, 0.1) is 13.2 Å². The zero-order chi connectivity index (χ0) is 14.7. The summed E-state index contributed by atoms with van der Waals surface area (Å²) in [6.45, 7) is 5.04. The smallest absolute Gasteiger partial charge is 0.122 e. The Morgan fingerprint density at radius 3 is 2.80 bits per heavy atom. The van der Waals surface area contributed by atoms with Crippen LogP contribution in [0.25, 0.3) is 0 Å². The Bertz CT molecular complexity index is 450. The van der Waals surface area contributed by atoms with Crippen molar-refractivity contribution in [3.05, 3.63) is 29.3 Å². The molecule has 0 aromatic heterocycles. The second kappa shape index (κ2) is 6.57. The van der Waals surface area contributed by atoms with Crippen LogP contribution in [-0.4, -0.2) is 67.9 Å². The maximum atomic E-state index is 10.6. The number of aliphatic hydroxyl groups excluding tert-OH is 1. The highest BCUT2D eigenvalue weighted by Gasteiger charge is 2.29. The molecule has 0 saturated carbocycles. The largest absolute Gasteiger partial charge is 0.496 e. The van der Waals surface area contributed by atoms with Gasteiger partial charge in [0.2, 0.25) is 0 Å². The molecule has 4 nitrogen and oxygen atoms in total. The molecule has 0 radical (unpaired) electrons. The van der Waals surface area contributed by atoms with Crippen LogP contribution in [0.4, 0.5) is 0 Å². The highest BCUT2D eigenvalue weighted by molar-refractivity contribution is 5.37. The molecular formula is C16H26N2O2. The van der Waals surface area contributed by atoms with Crippen LogP contribution in [0.3, 0.4) is 0 Å². The Morgan fingerprint density at radius 1 is 1.35 bits per heavy atom. The van der Waals surface area contributed by atoms with Crippen molar-refractivity contribution in [2.75, 3.05) is 40.8 Å². The lowest BCUT2D eigenvalue weighted by atomic mass is 9.97. The quantitative estimate of drug-likeness (QED) is 0.896. The predicted molar refractivity (Wildman–Crippen MR) is 81.4 cm³/mol. The Morgan fingerprint density at radius 2 is 2.10 bits per heavy atom. The Balaban J connectivity index is 2.10. The molecule has 2 rings (SSSR count). The highest BCUT2D eigenvalue weighted by Crippen LogP contribution is 2.23. The van der Waals surface area contributed by atoms with Gasteiger partial charge in [-0.25, -0.2) is 0 Å². The van der Waals surface area contributed by atoms with Gasteiger partial charge in [-0.05, 0) is 32.6 Å². The second-order valence-corrected chi connectivity index (χ2v) is 5.90. The molecule has 1 aliphatic rings. The third-order valence-corrected chi connectivity index (χ3v) is 4.21. The van der Waals surface area contributed by atoms with Gasteiger partial charge in [-0.3, -0.25) is 4.90 Å². The number of methoxy groups -OCH3 is 1. The SMILES string of the molecule is COc1ccc(C)cc1CC(O)C1CN(C)CCN1C. The lowest BCUT2D eigenvalue weighted by Crippen LogP contribution is -2.55. The number of likely N-dealkylation sites (N-methyl/N-ethyl adjacent to an activating group) is 2. The van der Waals surface area contributed by atoms with E-state index in [9.17, 15) is 5.11 Å². The van der Waals surface area contributed by atoms with E-state index in [-0.39, 0.29) is 12.1 Å². The molecule has 0 bridgehead atoms. The first-order chi connectivity index (χ1) is 9.51. The highest BCUT2D eigenvalue weighted by atomic mass is 16.5. The van der Waals surface area contributed by atoms with Crippen molar-refractivity contribution in [2.24, 2.45) is 0 Å². The predicted octanol–water partition coefficient (Wildman–Crippen LogP) is 1.15. The van der Waals surface area contributed by atoms with Crippen molar-refractivity contribution in [3.63, 3.8) is 0 Å². The number of rotatable bonds is 4. The normalized spacial score (nSPS) is 22.8. The molecule has 112 valence electrons. The third-order valence-electron chi connectivity index (χ3n) is 4.21. The standard InChI is InChI=1S/C16H26N2O2/c1-12-5-6-16(20-4)13(9-12)10-15(19)14-11-17(2)7-8-18(14)3/h5-6,9,14-15,19H,7-8,10-11H2,1-4H3. The number of benzene rings is 1. The van der Waals surface area contributed by atoms with E-state index in [2.05, 4.69) is 36.9 Å². The molecular weight excluding hydrogens is 252 g/mol. The van der Waals surface area contributed by atoms with E-state index in [0.29, 0.717) is 6.42 Å². The van der Waals surface area contributed by atoms with Gasteiger partial charge in [0.1, 0.15) is 5.75 Å². The molecule has 0 aliphatic carbocycles. The molecule has 1 aliphatic heterocycles. The summed E-state index contributed by atoms with van der Waals surface area (Å²) in [6, 6.07) is 6.30. The van der Waals surface area contributed by atoms with Gasteiger partial charge in [0, 0.05) is 32.1 Å². The molecule has 0 amide bonds. The Hall–Kier alpha value is -1.10.